The summed E-state index contributed by atoms with van der Waals surface area (Å²) < 4.78 is 18.4. The smallest absolute Gasteiger partial charge is 0.315 e. The number of halogens is 1. The Bertz CT molecular complexity index is 662. The number of ether oxygens (including phenoxy) is 1. The number of allylic oxidation sites excluding steroid dienone is 2. The van der Waals surface area contributed by atoms with Gasteiger partial charge >= 0.3 is 11.7 Å². The molecule has 2 rings (SSSR count). The lowest BCUT2D eigenvalue weighted by Gasteiger charge is -2.06. The molecule has 0 saturated heterocycles. The first-order chi connectivity index (χ1) is 10.1. The fourth-order valence-electron chi connectivity index (χ4n) is 2.69. The van der Waals surface area contributed by atoms with Gasteiger partial charge in [0, 0.05) is 12.1 Å². The van der Waals surface area contributed by atoms with Gasteiger partial charge in [0.05, 0.1) is 10.8 Å². The average Bonchev–Trinajstić information content (AvgIpc) is 2.89. The van der Waals surface area contributed by atoms with Crippen molar-refractivity contribution in [1.82, 2.24) is 0 Å². The minimum Gasteiger partial charge on any atom is -0.419 e. The predicted octanol–water partition coefficient (Wildman–Crippen LogP) is 3.88. The number of rotatable bonds is 4. The Morgan fingerprint density at radius 3 is 2.59 bits per heavy atom. The first kappa shape index (κ1) is 16.1. The molecule has 0 unspecified atom stereocenters. The Morgan fingerprint density at radius 2 is 2.05 bits per heavy atom. The highest BCUT2D eigenvalue weighted by Crippen LogP contribution is 2.59. The van der Waals surface area contributed by atoms with Gasteiger partial charge in [0.1, 0.15) is 5.82 Å². The molecule has 0 N–H and O–H groups in total. The number of nitro groups is 1. The van der Waals surface area contributed by atoms with Gasteiger partial charge in [-0.1, -0.05) is 25.5 Å². The molecule has 6 heteroatoms. The molecule has 2 atom stereocenters. The van der Waals surface area contributed by atoms with Gasteiger partial charge in [-0.15, -0.1) is 0 Å². The standard InChI is InChI=1S/C16H18FNO4/c1-9(2)7-11-14(16(11,3)4)15(19)22-13-8-10(17)5-6-12(13)18(20)21/h5-8,11,14H,1-4H3/t11-,14+/m0/s1. The molecule has 0 radical (unpaired) electrons. The van der Waals surface area contributed by atoms with Crippen molar-refractivity contribution in [2.75, 3.05) is 0 Å². The van der Waals surface area contributed by atoms with Gasteiger partial charge < -0.3 is 4.74 Å². The predicted molar refractivity (Wildman–Crippen MR) is 78.9 cm³/mol. The van der Waals surface area contributed by atoms with Crippen molar-refractivity contribution in [2.45, 2.75) is 27.7 Å². The molecule has 1 aliphatic carbocycles. The lowest BCUT2D eigenvalue weighted by Crippen LogP contribution is -2.15. The molecule has 0 aliphatic heterocycles. The van der Waals surface area contributed by atoms with E-state index in [1.54, 1.807) is 0 Å². The van der Waals surface area contributed by atoms with Gasteiger partial charge in [0.15, 0.2) is 0 Å². The molecule has 0 bridgehead atoms. The summed E-state index contributed by atoms with van der Waals surface area (Å²) in [6.45, 7) is 7.74. The Morgan fingerprint density at radius 1 is 1.41 bits per heavy atom. The van der Waals surface area contributed by atoms with E-state index in [0.29, 0.717) is 0 Å². The van der Waals surface area contributed by atoms with E-state index in [2.05, 4.69) is 0 Å². The summed E-state index contributed by atoms with van der Waals surface area (Å²) in [4.78, 5) is 22.5. The Labute approximate surface area is 127 Å². The van der Waals surface area contributed by atoms with Crippen LogP contribution in [-0.2, 0) is 4.79 Å². The summed E-state index contributed by atoms with van der Waals surface area (Å²) in [5, 5.41) is 10.9. The number of esters is 1. The number of carbonyl (C=O) groups is 1. The highest BCUT2D eigenvalue weighted by molar-refractivity contribution is 5.81. The lowest BCUT2D eigenvalue weighted by molar-refractivity contribution is -0.385. The zero-order chi connectivity index (χ0) is 16.7. The van der Waals surface area contributed by atoms with Gasteiger partial charge in [-0.25, -0.2) is 4.39 Å². The first-order valence-electron chi connectivity index (χ1n) is 6.95. The SMILES string of the molecule is CC(C)=C[C@H]1[C@H](C(=O)Oc2cc(F)ccc2[N+](=O)[O-])C1(C)C. The van der Waals surface area contributed by atoms with Gasteiger partial charge in [-0.05, 0) is 31.2 Å². The molecule has 0 heterocycles. The second-order valence-corrected chi connectivity index (χ2v) is 6.36. The van der Waals surface area contributed by atoms with Crippen molar-refractivity contribution in [3.8, 4) is 5.75 Å². The van der Waals surface area contributed by atoms with Crippen molar-refractivity contribution < 1.29 is 18.8 Å². The minimum atomic E-state index is -0.701. The monoisotopic (exact) mass is 307 g/mol. The van der Waals surface area contributed by atoms with E-state index in [0.717, 1.165) is 23.8 Å². The van der Waals surface area contributed by atoms with Crippen LogP contribution in [0.1, 0.15) is 27.7 Å². The number of nitro benzene ring substituents is 1. The molecule has 118 valence electrons. The molecule has 1 saturated carbocycles. The molecule has 0 aromatic heterocycles. The zero-order valence-electron chi connectivity index (χ0n) is 12.9. The van der Waals surface area contributed by atoms with E-state index < -0.39 is 22.4 Å². The van der Waals surface area contributed by atoms with Crippen LogP contribution in [0.5, 0.6) is 5.75 Å². The van der Waals surface area contributed by atoms with E-state index in [4.69, 9.17) is 4.74 Å². The largest absolute Gasteiger partial charge is 0.419 e. The summed E-state index contributed by atoms with van der Waals surface area (Å²) in [7, 11) is 0. The fourth-order valence-corrected chi connectivity index (χ4v) is 2.69. The van der Waals surface area contributed by atoms with Crippen LogP contribution in [0.15, 0.2) is 29.8 Å². The number of benzene rings is 1. The van der Waals surface area contributed by atoms with E-state index in [-0.39, 0.29) is 23.0 Å². The normalized spacial score (nSPS) is 21.9. The topological polar surface area (TPSA) is 69.4 Å². The molecule has 1 fully saturated rings. The summed E-state index contributed by atoms with van der Waals surface area (Å²) in [6, 6.07) is 2.81. The average molecular weight is 307 g/mol. The van der Waals surface area contributed by atoms with E-state index in [1.165, 1.54) is 0 Å². The van der Waals surface area contributed by atoms with Crippen molar-refractivity contribution >= 4 is 11.7 Å². The third-order valence-electron chi connectivity index (χ3n) is 4.01. The van der Waals surface area contributed by atoms with Crippen LogP contribution in [0.25, 0.3) is 0 Å². The molecule has 0 spiro atoms. The van der Waals surface area contributed by atoms with E-state index in [1.807, 2.05) is 33.8 Å². The first-order valence-corrected chi connectivity index (χ1v) is 6.95. The van der Waals surface area contributed by atoms with Gasteiger partial charge in [0.25, 0.3) is 0 Å². The summed E-state index contributed by atoms with van der Waals surface area (Å²) in [6.07, 6.45) is 1.99. The summed E-state index contributed by atoms with van der Waals surface area (Å²) in [5.74, 6) is -1.97. The quantitative estimate of drug-likeness (QED) is 0.278. The third kappa shape index (κ3) is 3.00. The summed E-state index contributed by atoms with van der Waals surface area (Å²) >= 11 is 0. The van der Waals surface area contributed by atoms with Gasteiger partial charge in [-0.2, -0.15) is 0 Å². The Hall–Kier alpha value is -2.24. The van der Waals surface area contributed by atoms with Gasteiger partial charge in [-0.3, -0.25) is 14.9 Å². The number of hydrogen-bond acceptors (Lipinski definition) is 4. The number of nitrogens with zero attached hydrogens (tertiary/aromatic N) is 1. The Kier molecular flexibility index (Phi) is 4.04. The second kappa shape index (κ2) is 5.51. The van der Waals surface area contributed by atoms with E-state index >= 15 is 0 Å². The van der Waals surface area contributed by atoms with E-state index in [9.17, 15) is 19.3 Å². The second-order valence-electron chi connectivity index (χ2n) is 6.36. The van der Waals surface area contributed by atoms with Crippen LogP contribution in [0.2, 0.25) is 0 Å². The minimum absolute atomic E-state index is 0.0256. The molecule has 1 aromatic carbocycles. The van der Waals surface area contributed by atoms with Crippen molar-refractivity contribution in [2.24, 2.45) is 17.3 Å². The van der Waals surface area contributed by atoms with Crippen LogP contribution >= 0.6 is 0 Å². The third-order valence-corrected chi connectivity index (χ3v) is 4.01. The maximum absolute atomic E-state index is 13.3. The summed E-state index contributed by atoms with van der Waals surface area (Å²) in [5.41, 5.74) is 0.397. The maximum Gasteiger partial charge on any atom is 0.315 e. The number of hydrogen-bond donors (Lipinski definition) is 0. The zero-order valence-corrected chi connectivity index (χ0v) is 12.9. The maximum atomic E-state index is 13.3. The van der Waals surface area contributed by atoms with Crippen LogP contribution in [0, 0.1) is 33.2 Å². The van der Waals surface area contributed by atoms with Crippen molar-refractivity contribution in [3.05, 3.63) is 45.8 Å². The molecular formula is C16H18FNO4. The van der Waals surface area contributed by atoms with Gasteiger partial charge in [0.2, 0.25) is 5.75 Å². The highest BCUT2D eigenvalue weighted by atomic mass is 19.1. The highest BCUT2D eigenvalue weighted by Gasteiger charge is 2.61. The molecule has 1 aromatic rings. The van der Waals surface area contributed by atoms with Crippen LogP contribution in [0.4, 0.5) is 10.1 Å². The van der Waals surface area contributed by atoms with Crippen molar-refractivity contribution in [1.29, 1.82) is 0 Å². The van der Waals surface area contributed by atoms with Crippen LogP contribution < -0.4 is 4.74 Å². The van der Waals surface area contributed by atoms with Crippen molar-refractivity contribution in [3.63, 3.8) is 0 Å². The molecule has 5 nitrogen and oxygen atoms in total. The molecular weight excluding hydrogens is 289 g/mol. The van der Waals surface area contributed by atoms with Crippen LogP contribution in [-0.4, -0.2) is 10.9 Å². The number of carbonyl (C=O) groups excluding carboxylic acids is 1. The molecule has 22 heavy (non-hydrogen) atoms. The molecule has 0 amide bonds. The molecule has 1 aliphatic rings. The lowest BCUT2D eigenvalue weighted by atomic mass is 10.1. The fraction of sp³-hybridized carbons (Fsp3) is 0.438. The van der Waals surface area contributed by atoms with Crippen LogP contribution in [0.3, 0.4) is 0 Å². The Balaban J connectivity index is 2.22.